The van der Waals surface area contributed by atoms with Crippen LogP contribution in [0.5, 0.6) is 0 Å². The normalized spacial score (nSPS) is 25.5. The molecular weight excluding hydrogens is 356 g/mol. The van der Waals surface area contributed by atoms with Gasteiger partial charge >= 0.3 is 23.9 Å². The fourth-order valence-corrected chi connectivity index (χ4v) is 3.69. The van der Waals surface area contributed by atoms with Crippen LogP contribution in [0.15, 0.2) is 11.6 Å². The van der Waals surface area contributed by atoms with Crippen molar-refractivity contribution < 1.29 is 38.9 Å². The van der Waals surface area contributed by atoms with Crippen LogP contribution in [0.2, 0.25) is 0 Å². The number of carbonyl (C=O) groups is 4. The van der Waals surface area contributed by atoms with E-state index in [-0.39, 0.29) is 19.6 Å². The van der Waals surface area contributed by atoms with E-state index in [1.807, 2.05) is 0 Å². The Hall–Kier alpha value is -2.38. The number of hydrogen-bond acceptors (Lipinski definition) is 6. The van der Waals surface area contributed by atoms with E-state index in [4.69, 9.17) is 9.47 Å². The molecule has 0 aromatic rings. The number of ether oxygens (including phenoxy) is 2. The predicted molar refractivity (Wildman–Crippen MR) is 94.7 cm³/mol. The molecule has 1 aliphatic rings. The van der Waals surface area contributed by atoms with Gasteiger partial charge in [0.25, 0.3) is 0 Å². The zero-order valence-electron chi connectivity index (χ0n) is 16.4. The lowest BCUT2D eigenvalue weighted by atomic mass is 9.61. The number of allylic oxidation sites excluding steroid dienone is 1. The first-order valence-electron chi connectivity index (χ1n) is 8.99. The Kier molecular flexibility index (Phi) is 7.56. The number of carboxylic acids is 2. The summed E-state index contributed by atoms with van der Waals surface area (Å²) >= 11 is 0. The molecule has 0 heterocycles. The molecule has 5 atom stereocenters. The van der Waals surface area contributed by atoms with Crippen LogP contribution in [-0.2, 0) is 28.7 Å². The van der Waals surface area contributed by atoms with E-state index >= 15 is 0 Å². The molecule has 0 aromatic heterocycles. The minimum absolute atomic E-state index is 0.0945. The molecule has 1 rings (SSSR count). The number of esters is 2. The maximum absolute atomic E-state index is 12.8. The van der Waals surface area contributed by atoms with Gasteiger partial charge in [-0.25, -0.2) is 0 Å². The maximum atomic E-state index is 12.8. The quantitative estimate of drug-likeness (QED) is 0.481. The van der Waals surface area contributed by atoms with Gasteiger partial charge in [0.2, 0.25) is 0 Å². The topological polar surface area (TPSA) is 127 Å². The van der Waals surface area contributed by atoms with Gasteiger partial charge < -0.3 is 19.7 Å². The minimum Gasteiger partial charge on any atom is -0.481 e. The third-order valence-electron chi connectivity index (χ3n) is 5.47. The molecule has 5 unspecified atom stereocenters. The lowest BCUT2D eigenvalue weighted by Gasteiger charge is -2.42. The second kappa shape index (κ2) is 9.01. The Morgan fingerprint density at radius 1 is 1.15 bits per heavy atom. The molecule has 0 aromatic carbocycles. The summed E-state index contributed by atoms with van der Waals surface area (Å²) in [6, 6.07) is 0. The van der Waals surface area contributed by atoms with Crippen LogP contribution in [0.3, 0.4) is 0 Å². The molecule has 0 saturated carbocycles. The molecule has 0 fully saturated rings. The number of carboxylic acid groups (broad SMARTS) is 2. The Morgan fingerprint density at radius 2 is 1.70 bits per heavy atom. The number of hydrogen-bond donors (Lipinski definition) is 2. The fourth-order valence-electron chi connectivity index (χ4n) is 3.69. The van der Waals surface area contributed by atoms with Gasteiger partial charge in [-0.1, -0.05) is 18.6 Å². The van der Waals surface area contributed by atoms with Crippen molar-refractivity contribution in [3.05, 3.63) is 11.6 Å². The Labute approximate surface area is 158 Å². The molecule has 8 heteroatoms. The molecule has 0 spiro atoms. The van der Waals surface area contributed by atoms with E-state index in [2.05, 4.69) is 0 Å². The summed E-state index contributed by atoms with van der Waals surface area (Å²) in [6.45, 7) is 8.13. The smallest absolute Gasteiger partial charge is 0.313 e. The molecule has 27 heavy (non-hydrogen) atoms. The van der Waals surface area contributed by atoms with Gasteiger partial charge in [0, 0.05) is 0 Å². The van der Waals surface area contributed by atoms with E-state index in [9.17, 15) is 29.4 Å². The van der Waals surface area contributed by atoms with Crippen LogP contribution in [0.4, 0.5) is 0 Å². The zero-order valence-corrected chi connectivity index (χ0v) is 16.4. The third-order valence-corrected chi connectivity index (χ3v) is 5.47. The Morgan fingerprint density at radius 3 is 2.15 bits per heavy atom. The highest BCUT2D eigenvalue weighted by Gasteiger charge is 2.53. The van der Waals surface area contributed by atoms with E-state index in [1.54, 1.807) is 26.8 Å². The van der Waals surface area contributed by atoms with Gasteiger partial charge in [-0.05, 0) is 40.0 Å². The third kappa shape index (κ3) is 4.48. The standard InChI is InChI=1S/C19H28O8/c1-6-26-17(24)11(4)19(5,18(25)27-7-2)12-8-10(3)14(16(22)23)13(9-12)15(20)21/h8,11-14H,6-7,9H2,1-5H3,(H,20,21)(H,22,23). The summed E-state index contributed by atoms with van der Waals surface area (Å²) in [7, 11) is 0. The van der Waals surface area contributed by atoms with Crippen LogP contribution in [0.1, 0.15) is 41.0 Å². The monoisotopic (exact) mass is 384 g/mol. The van der Waals surface area contributed by atoms with E-state index in [0.29, 0.717) is 5.57 Å². The van der Waals surface area contributed by atoms with Gasteiger partial charge in [0.05, 0.1) is 36.4 Å². The van der Waals surface area contributed by atoms with Crippen molar-refractivity contribution in [3.8, 4) is 0 Å². The molecule has 8 nitrogen and oxygen atoms in total. The van der Waals surface area contributed by atoms with Gasteiger partial charge in [-0.3, -0.25) is 19.2 Å². The lowest BCUT2D eigenvalue weighted by molar-refractivity contribution is -0.172. The SMILES string of the molecule is CCOC(=O)C(C)C(C)(C(=O)OCC)C1C=C(C)C(C(=O)O)C(C(=O)O)C1. The summed E-state index contributed by atoms with van der Waals surface area (Å²) in [4.78, 5) is 48.4. The van der Waals surface area contributed by atoms with Gasteiger partial charge in [-0.15, -0.1) is 0 Å². The average molecular weight is 384 g/mol. The largest absolute Gasteiger partial charge is 0.481 e. The molecule has 0 saturated heterocycles. The molecule has 1 aliphatic carbocycles. The molecule has 2 N–H and O–H groups in total. The van der Waals surface area contributed by atoms with E-state index in [0.717, 1.165) is 0 Å². The number of rotatable bonds is 8. The van der Waals surface area contributed by atoms with Gasteiger partial charge in [-0.2, -0.15) is 0 Å². The lowest BCUT2D eigenvalue weighted by Crippen LogP contribution is -2.49. The van der Waals surface area contributed by atoms with Gasteiger partial charge in [0.15, 0.2) is 0 Å². The van der Waals surface area contributed by atoms with E-state index in [1.165, 1.54) is 13.8 Å². The molecule has 0 radical (unpaired) electrons. The summed E-state index contributed by atoms with van der Waals surface area (Å²) in [5, 5.41) is 18.9. The Balaban J connectivity index is 3.45. The van der Waals surface area contributed by atoms with Gasteiger partial charge in [0.1, 0.15) is 0 Å². The zero-order chi connectivity index (χ0) is 20.9. The van der Waals surface area contributed by atoms with Crippen molar-refractivity contribution in [3.63, 3.8) is 0 Å². The number of carbonyl (C=O) groups excluding carboxylic acids is 2. The van der Waals surface area contributed by atoms with Crippen molar-refractivity contribution in [2.45, 2.75) is 41.0 Å². The predicted octanol–water partition coefficient (Wildman–Crippen LogP) is 2.12. The molecular formula is C19H28O8. The van der Waals surface area contributed by atoms with E-state index < -0.39 is 53.0 Å². The summed E-state index contributed by atoms with van der Waals surface area (Å²) in [6.07, 6.45) is 1.49. The van der Waals surface area contributed by atoms with Crippen molar-refractivity contribution >= 4 is 23.9 Å². The summed E-state index contributed by atoms with van der Waals surface area (Å²) in [5.41, 5.74) is -1.04. The van der Waals surface area contributed by atoms with Crippen molar-refractivity contribution in [2.75, 3.05) is 13.2 Å². The summed E-state index contributed by atoms with van der Waals surface area (Å²) < 4.78 is 10.2. The highest BCUT2D eigenvalue weighted by Crippen LogP contribution is 2.47. The molecule has 0 amide bonds. The Bertz CT molecular complexity index is 638. The van der Waals surface area contributed by atoms with Crippen LogP contribution in [0, 0.1) is 29.1 Å². The molecule has 0 aliphatic heterocycles. The first kappa shape index (κ1) is 22.7. The highest BCUT2D eigenvalue weighted by molar-refractivity contribution is 5.87. The second-order valence-electron chi connectivity index (χ2n) is 6.99. The molecule has 0 bridgehead atoms. The van der Waals surface area contributed by atoms with Crippen LogP contribution < -0.4 is 0 Å². The van der Waals surface area contributed by atoms with Crippen LogP contribution >= 0.6 is 0 Å². The van der Waals surface area contributed by atoms with Crippen molar-refractivity contribution in [1.82, 2.24) is 0 Å². The first-order valence-corrected chi connectivity index (χ1v) is 8.99. The van der Waals surface area contributed by atoms with Crippen molar-refractivity contribution in [1.29, 1.82) is 0 Å². The minimum atomic E-state index is -1.39. The highest BCUT2D eigenvalue weighted by atomic mass is 16.5. The fraction of sp³-hybridized carbons (Fsp3) is 0.684. The summed E-state index contributed by atoms with van der Waals surface area (Å²) in [5.74, 6) is -7.69. The first-order chi connectivity index (χ1) is 12.5. The molecule has 152 valence electrons. The number of aliphatic carboxylic acids is 2. The average Bonchev–Trinajstić information content (AvgIpc) is 2.59. The van der Waals surface area contributed by atoms with Crippen molar-refractivity contribution in [2.24, 2.45) is 29.1 Å². The van der Waals surface area contributed by atoms with Crippen LogP contribution in [-0.4, -0.2) is 47.3 Å². The van der Waals surface area contributed by atoms with Crippen LogP contribution in [0.25, 0.3) is 0 Å². The second-order valence-corrected chi connectivity index (χ2v) is 6.99. The maximum Gasteiger partial charge on any atom is 0.313 e.